The minimum Gasteiger partial charge on any atom is -0.447 e. The van der Waals surface area contributed by atoms with Gasteiger partial charge in [0.05, 0.1) is 11.7 Å². The van der Waals surface area contributed by atoms with Crippen molar-refractivity contribution in [2.75, 3.05) is 12.3 Å². The van der Waals surface area contributed by atoms with Crippen LogP contribution in [0, 0.1) is 5.92 Å². The van der Waals surface area contributed by atoms with Gasteiger partial charge < -0.3 is 21.9 Å². The largest absolute Gasteiger partial charge is 0.447 e. The summed E-state index contributed by atoms with van der Waals surface area (Å²) in [4.78, 5) is 29.0. The Balaban J connectivity index is 0.000000593. The molecular formula is C13H21N5O3S2. The number of hydrogen-bond donors (Lipinski definition) is 3. The maximum absolute atomic E-state index is 12.1. The molecule has 8 nitrogen and oxygen atoms in total. The van der Waals surface area contributed by atoms with Crippen molar-refractivity contribution >= 4 is 45.8 Å². The quantitative estimate of drug-likeness (QED) is 0.673. The van der Waals surface area contributed by atoms with E-state index in [2.05, 4.69) is 28.7 Å². The first-order valence-electron chi connectivity index (χ1n) is 6.96. The summed E-state index contributed by atoms with van der Waals surface area (Å²) >= 11 is 5.44. The van der Waals surface area contributed by atoms with E-state index in [-0.39, 0.29) is 36.0 Å². The fourth-order valence-electron chi connectivity index (χ4n) is 2.01. The number of cyclic esters (lactones) is 1. The molecule has 0 aliphatic carbocycles. The Hall–Kier alpha value is -1.94. The highest BCUT2D eigenvalue weighted by atomic mass is 32.1. The Bertz CT molecular complexity index is 572. The number of amides is 2. The monoisotopic (exact) mass is 359 g/mol. The van der Waals surface area contributed by atoms with Crippen molar-refractivity contribution in [2.24, 2.45) is 17.4 Å². The van der Waals surface area contributed by atoms with Crippen LogP contribution in [0.4, 0.5) is 9.93 Å². The molecule has 23 heavy (non-hydrogen) atoms. The summed E-state index contributed by atoms with van der Waals surface area (Å²) in [5.41, 5.74) is 15.6. The summed E-state index contributed by atoms with van der Waals surface area (Å²) in [5, 5.41) is 2.31. The van der Waals surface area contributed by atoms with Crippen LogP contribution in [0.3, 0.4) is 0 Å². The maximum Gasteiger partial charge on any atom is 0.416 e. The molecule has 0 bridgehead atoms. The fraction of sp³-hybridized carbons (Fsp3) is 0.538. The molecule has 1 atom stereocenters. The Morgan fingerprint density at radius 3 is 2.65 bits per heavy atom. The van der Waals surface area contributed by atoms with Crippen LogP contribution in [0.25, 0.3) is 0 Å². The Labute approximate surface area is 144 Å². The predicted molar refractivity (Wildman–Crippen MR) is 92.6 cm³/mol. The minimum atomic E-state index is -0.540. The standard InChI is InChI=1S/C12H17N3O3S.CH4N2S/c1-7(2)9-5-18-12(17)15(9)10(16)4-3-8-6-19-11(13)14-8;2-1(3)4/h6-7,9H,3-5H2,1-2H3,(H2,13,14);(H4,2,3,4)/t9-;/m1./s1. The summed E-state index contributed by atoms with van der Waals surface area (Å²) in [6.45, 7) is 4.22. The highest BCUT2D eigenvalue weighted by Gasteiger charge is 2.39. The summed E-state index contributed by atoms with van der Waals surface area (Å²) in [6, 6.07) is -0.166. The Morgan fingerprint density at radius 2 is 2.17 bits per heavy atom. The third-order valence-electron chi connectivity index (χ3n) is 3.11. The molecule has 0 unspecified atom stereocenters. The van der Waals surface area contributed by atoms with E-state index < -0.39 is 6.09 Å². The molecule has 2 rings (SSSR count). The lowest BCUT2D eigenvalue weighted by molar-refractivity contribution is -0.129. The lowest BCUT2D eigenvalue weighted by Crippen LogP contribution is -2.41. The van der Waals surface area contributed by atoms with Gasteiger partial charge in [-0.15, -0.1) is 11.3 Å². The van der Waals surface area contributed by atoms with Gasteiger partial charge in [0.15, 0.2) is 10.2 Å². The van der Waals surface area contributed by atoms with E-state index in [9.17, 15) is 9.59 Å². The molecule has 2 heterocycles. The van der Waals surface area contributed by atoms with Gasteiger partial charge in [-0.05, 0) is 24.6 Å². The van der Waals surface area contributed by atoms with E-state index in [1.54, 1.807) is 0 Å². The number of hydrogen-bond acceptors (Lipinski definition) is 7. The molecule has 1 saturated heterocycles. The minimum absolute atomic E-state index is 0.000000000000000222. The number of rotatable bonds is 4. The van der Waals surface area contributed by atoms with Crippen molar-refractivity contribution in [3.8, 4) is 0 Å². The van der Waals surface area contributed by atoms with E-state index in [0.29, 0.717) is 11.6 Å². The second-order valence-electron chi connectivity index (χ2n) is 5.23. The molecule has 1 aromatic heterocycles. The molecule has 2 amide bonds. The topological polar surface area (TPSA) is 138 Å². The number of nitrogen functional groups attached to an aromatic ring is 1. The first-order chi connectivity index (χ1) is 10.7. The molecule has 6 N–H and O–H groups in total. The highest BCUT2D eigenvalue weighted by Crippen LogP contribution is 2.21. The van der Waals surface area contributed by atoms with Crippen LogP contribution in [0.5, 0.6) is 0 Å². The van der Waals surface area contributed by atoms with Crippen molar-refractivity contribution in [1.29, 1.82) is 0 Å². The maximum atomic E-state index is 12.1. The third kappa shape index (κ3) is 5.99. The van der Waals surface area contributed by atoms with Crippen molar-refractivity contribution < 1.29 is 14.3 Å². The van der Waals surface area contributed by atoms with Crippen molar-refractivity contribution in [3.05, 3.63) is 11.1 Å². The van der Waals surface area contributed by atoms with Crippen LogP contribution in [0.15, 0.2) is 5.38 Å². The van der Waals surface area contributed by atoms with Crippen molar-refractivity contribution in [2.45, 2.75) is 32.7 Å². The molecule has 1 aliphatic rings. The van der Waals surface area contributed by atoms with Gasteiger partial charge in [-0.1, -0.05) is 13.8 Å². The average molecular weight is 359 g/mol. The van der Waals surface area contributed by atoms with Gasteiger partial charge in [-0.3, -0.25) is 4.79 Å². The highest BCUT2D eigenvalue weighted by molar-refractivity contribution is 7.80. The van der Waals surface area contributed by atoms with E-state index >= 15 is 0 Å². The lowest BCUT2D eigenvalue weighted by Gasteiger charge is -2.22. The van der Waals surface area contributed by atoms with Crippen LogP contribution in [-0.2, 0) is 16.0 Å². The number of carbonyl (C=O) groups excluding carboxylic acids is 2. The van der Waals surface area contributed by atoms with Crippen LogP contribution < -0.4 is 17.2 Å². The number of carbonyl (C=O) groups is 2. The van der Waals surface area contributed by atoms with Crippen LogP contribution >= 0.6 is 23.6 Å². The SMILES string of the molecule is CC(C)[C@H]1COC(=O)N1C(=O)CCc1csc(N)n1.NC(N)=S. The smallest absolute Gasteiger partial charge is 0.416 e. The summed E-state index contributed by atoms with van der Waals surface area (Å²) < 4.78 is 4.95. The zero-order chi connectivity index (χ0) is 17.6. The number of aryl methyl sites for hydroxylation is 1. The predicted octanol–water partition coefficient (Wildman–Crippen LogP) is 0.850. The fourth-order valence-corrected chi connectivity index (χ4v) is 2.60. The van der Waals surface area contributed by atoms with Gasteiger partial charge in [-0.25, -0.2) is 14.7 Å². The Kier molecular flexibility index (Phi) is 7.17. The first-order valence-corrected chi connectivity index (χ1v) is 8.24. The third-order valence-corrected chi connectivity index (χ3v) is 3.83. The molecule has 1 aliphatic heterocycles. The number of imide groups is 1. The normalized spacial score (nSPS) is 16.7. The number of ether oxygens (including phenoxy) is 1. The molecule has 1 fully saturated rings. The van der Waals surface area contributed by atoms with E-state index in [0.717, 1.165) is 5.69 Å². The van der Waals surface area contributed by atoms with Gasteiger partial charge in [-0.2, -0.15) is 0 Å². The van der Waals surface area contributed by atoms with Crippen molar-refractivity contribution in [1.82, 2.24) is 9.88 Å². The average Bonchev–Trinajstić information content (AvgIpc) is 3.01. The van der Waals surface area contributed by atoms with E-state index in [1.807, 2.05) is 19.2 Å². The molecular weight excluding hydrogens is 338 g/mol. The zero-order valence-corrected chi connectivity index (χ0v) is 14.7. The molecule has 0 aromatic carbocycles. The van der Waals surface area contributed by atoms with Crippen LogP contribution in [0.2, 0.25) is 0 Å². The molecule has 0 radical (unpaired) electrons. The van der Waals surface area contributed by atoms with Gasteiger partial charge in [0, 0.05) is 11.8 Å². The first kappa shape index (κ1) is 19.1. The molecule has 0 saturated carbocycles. The zero-order valence-electron chi connectivity index (χ0n) is 13.0. The van der Waals surface area contributed by atoms with Crippen molar-refractivity contribution in [3.63, 3.8) is 0 Å². The second-order valence-corrected chi connectivity index (χ2v) is 6.59. The van der Waals surface area contributed by atoms with Crippen LogP contribution in [-0.4, -0.2) is 39.6 Å². The van der Waals surface area contributed by atoms with Gasteiger partial charge >= 0.3 is 6.09 Å². The molecule has 1 aromatic rings. The van der Waals surface area contributed by atoms with E-state index in [1.165, 1.54) is 16.2 Å². The van der Waals surface area contributed by atoms with E-state index in [4.69, 9.17) is 10.5 Å². The summed E-state index contributed by atoms with van der Waals surface area (Å²) in [5.74, 6) is -0.0295. The molecule has 0 spiro atoms. The lowest BCUT2D eigenvalue weighted by atomic mass is 10.0. The number of nitrogens with zero attached hydrogens (tertiary/aromatic N) is 2. The Morgan fingerprint density at radius 1 is 1.57 bits per heavy atom. The van der Waals surface area contributed by atoms with Gasteiger partial charge in [0.2, 0.25) is 5.91 Å². The molecule has 128 valence electrons. The second kappa shape index (κ2) is 8.63. The number of nitrogens with two attached hydrogens (primary N) is 3. The summed E-state index contributed by atoms with van der Waals surface area (Å²) in [6.07, 6.45) is 0.185. The number of thiazole rings is 1. The number of thiocarbonyl (C=S) groups is 1. The number of anilines is 1. The van der Waals surface area contributed by atoms with Crippen LogP contribution in [0.1, 0.15) is 26.0 Å². The van der Waals surface area contributed by atoms with Gasteiger partial charge in [0.1, 0.15) is 6.61 Å². The molecule has 10 heteroatoms. The number of aromatic nitrogens is 1. The summed E-state index contributed by atoms with van der Waals surface area (Å²) in [7, 11) is 0. The van der Waals surface area contributed by atoms with Gasteiger partial charge in [0.25, 0.3) is 0 Å².